The minimum Gasteiger partial charge on any atom is -0.433 e. The Bertz CT molecular complexity index is 720. The Morgan fingerprint density at radius 1 is 0.929 bits per heavy atom. The highest BCUT2D eigenvalue weighted by molar-refractivity contribution is 5.66. The van der Waals surface area contributed by atoms with Crippen LogP contribution in [0.25, 0.3) is 0 Å². The molecular weight excluding hydrogens is 360 g/mol. The van der Waals surface area contributed by atoms with Crippen LogP contribution in [0.3, 0.4) is 0 Å². The Balaban J connectivity index is 1.63. The van der Waals surface area contributed by atoms with E-state index in [1.54, 1.807) is 7.11 Å². The lowest BCUT2D eigenvalue weighted by Crippen LogP contribution is -2.39. The molecule has 0 saturated carbocycles. The number of hydrogen-bond donors (Lipinski definition) is 0. The largest absolute Gasteiger partial charge is 0.433 e. The Labute approximate surface area is 165 Å². The van der Waals surface area contributed by atoms with Gasteiger partial charge in [-0.2, -0.15) is 0 Å². The highest BCUT2D eigenvalue weighted by atomic mass is 16.7. The van der Waals surface area contributed by atoms with Crippen LogP contribution in [0.4, 0.5) is 0 Å². The van der Waals surface area contributed by atoms with Crippen LogP contribution in [0.15, 0.2) is 60.7 Å². The molecule has 0 radical (unpaired) electrons. The van der Waals surface area contributed by atoms with Crippen molar-refractivity contribution in [3.63, 3.8) is 0 Å². The van der Waals surface area contributed by atoms with E-state index in [1.807, 2.05) is 60.7 Å². The van der Waals surface area contributed by atoms with Crippen molar-refractivity contribution < 1.29 is 28.5 Å². The molecule has 28 heavy (non-hydrogen) atoms. The zero-order valence-electron chi connectivity index (χ0n) is 16.2. The van der Waals surface area contributed by atoms with Crippen LogP contribution in [-0.4, -0.2) is 44.3 Å². The summed E-state index contributed by atoms with van der Waals surface area (Å²) in [7, 11) is 1.55. The Kier molecular flexibility index (Phi) is 7.56. The van der Waals surface area contributed by atoms with E-state index >= 15 is 0 Å². The van der Waals surface area contributed by atoms with Gasteiger partial charge in [-0.05, 0) is 11.1 Å². The van der Waals surface area contributed by atoms with Crippen LogP contribution in [0, 0.1) is 0 Å². The zero-order valence-corrected chi connectivity index (χ0v) is 16.2. The van der Waals surface area contributed by atoms with Crippen molar-refractivity contribution >= 4 is 5.97 Å². The van der Waals surface area contributed by atoms with Gasteiger partial charge in [-0.15, -0.1) is 0 Å². The number of carbonyl (C=O) groups excluding carboxylic acids is 1. The molecule has 2 aromatic carbocycles. The monoisotopic (exact) mass is 386 g/mol. The van der Waals surface area contributed by atoms with Gasteiger partial charge in [-0.3, -0.25) is 4.79 Å². The summed E-state index contributed by atoms with van der Waals surface area (Å²) in [5.41, 5.74) is 2.11. The van der Waals surface area contributed by atoms with E-state index in [0.29, 0.717) is 19.8 Å². The molecular formula is C22H26O6. The number of carbonyl (C=O) groups is 1. The molecule has 0 aromatic heterocycles. The van der Waals surface area contributed by atoms with Gasteiger partial charge in [0.05, 0.1) is 19.8 Å². The summed E-state index contributed by atoms with van der Waals surface area (Å²) in [4.78, 5) is 11.4. The van der Waals surface area contributed by atoms with Crippen LogP contribution >= 0.6 is 0 Å². The van der Waals surface area contributed by atoms with Crippen LogP contribution < -0.4 is 0 Å². The number of hydrogen-bond acceptors (Lipinski definition) is 6. The van der Waals surface area contributed by atoms with E-state index in [0.717, 1.165) is 11.1 Å². The molecule has 1 fully saturated rings. The number of esters is 1. The van der Waals surface area contributed by atoms with Crippen LogP contribution in [0.2, 0.25) is 0 Å². The lowest BCUT2D eigenvalue weighted by atomic mass is 10.1. The standard InChI is InChI=1S/C22H26O6/c1-16(23)27-22-21(24-2)20(26-14-18-11-7-4-8-12-18)19(28-22)15-25-13-17-9-5-3-6-10-17/h3-12,19-22H,13-15H2,1-2H3. The molecule has 1 aliphatic heterocycles. The van der Waals surface area contributed by atoms with Gasteiger partial charge in [-0.25, -0.2) is 0 Å². The molecule has 0 amide bonds. The third kappa shape index (κ3) is 5.62. The van der Waals surface area contributed by atoms with Gasteiger partial charge < -0.3 is 23.7 Å². The van der Waals surface area contributed by atoms with E-state index in [2.05, 4.69) is 0 Å². The first-order valence-electron chi connectivity index (χ1n) is 9.30. The van der Waals surface area contributed by atoms with E-state index in [-0.39, 0.29) is 0 Å². The molecule has 1 heterocycles. The maximum absolute atomic E-state index is 11.4. The first-order chi connectivity index (χ1) is 13.7. The molecule has 6 nitrogen and oxygen atoms in total. The minimum atomic E-state index is -0.825. The molecule has 6 heteroatoms. The Hall–Kier alpha value is -2.25. The fourth-order valence-corrected chi connectivity index (χ4v) is 3.17. The second kappa shape index (κ2) is 10.3. The van der Waals surface area contributed by atoms with Crippen molar-refractivity contribution in [2.75, 3.05) is 13.7 Å². The van der Waals surface area contributed by atoms with Gasteiger partial charge in [0, 0.05) is 14.0 Å². The summed E-state index contributed by atoms with van der Waals surface area (Å²) in [6.45, 7) is 2.50. The zero-order chi connectivity index (χ0) is 19.8. The van der Waals surface area contributed by atoms with Crippen LogP contribution in [-0.2, 0) is 41.7 Å². The molecule has 0 aliphatic carbocycles. The van der Waals surface area contributed by atoms with Crippen molar-refractivity contribution in [2.45, 2.75) is 44.7 Å². The predicted molar refractivity (Wildman–Crippen MR) is 102 cm³/mol. The minimum absolute atomic E-state index is 0.298. The molecule has 4 atom stereocenters. The number of methoxy groups -OCH3 is 1. The fraction of sp³-hybridized carbons (Fsp3) is 0.409. The summed E-state index contributed by atoms with van der Waals surface area (Å²) < 4.78 is 28.6. The molecule has 0 spiro atoms. The molecule has 0 bridgehead atoms. The highest BCUT2D eigenvalue weighted by Gasteiger charge is 2.47. The second-order valence-corrected chi connectivity index (χ2v) is 6.61. The third-order valence-electron chi connectivity index (χ3n) is 4.50. The predicted octanol–water partition coefficient (Wildman–Crippen LogP) is 3.09. The summed E-state index contributed by atoms with van der Waals surface area (Å²) in [6.07, 6.45) is -2.20. The average Bonchev–Trinajstić information content (AvgIpc) is 3.03. The Morgan fingerprint density at radius 3 is 2.11 bits per heavy atom. The van der Waals surface area contributed by atoms with Gasteiger partial charge >= 0.3 is 5.97 Å². The first kappa shape index (κ1) is 20.5. The van der Waals surface area contributed by atoms with Crippen molar-refractivity contribution in [1.29, 1.82) is 0 Å². The van der Waals surface area contributed by atoms with Gasteiger partial charge in [0.15, 0.2) is 0 Å². The quantitative estimate of drug-likeness (QED) is 0.617. The normalized spacial score (nSPS) is 24.2. The lowest BCUT2D eigenvalue weighted by Gasteiger charge is -2.23. The maximum Gasteiger partial charge on any atom is 0.305 e. The van der Waals surface area contributed by atoms with Crippen LogP contribution in [0.1, 0.15) is 18.1 Å². The van der Waals surface area contributed by atoms with Gasteiger partial charge in [0.2, 0.25) is 6.29 Å². The molecule has 2 aromatic rings. The second-order valence-electron chi connectivity index (χ2n) is 6.61. The highest BCUT2D eigenvalue weighted by Crippen LogP contribution is 2.28. The van der Waals surface area contributed by atoms with Crippen molar-refractivity contribution in [3.8, 4) is 0 Å². The fourth-order valence-electron chi connectivity index (χ4n) is 3.17. The average molecular weight is 386 g/mol. The number of ether oxygens (including phenoxy) is 5. The van der Waals surface area contributed by atoms with E-state index in [1.165, 1.54) is 6.92 Å². The van der Waals surface area contributed by atoms with Gasteiger partial charge in [0.25, 0.3) is 0 Å². The van der Waals surface area contributed by atoms with Crippen molar-refractivity contribution in [2.24, 2.45) is 0 Å². The van der Waals surface area contributed by atoms with Gasteiger partial charge in [-0.1, -0.05) is 60.7 Å². The number of benzene rings is 2. The molecule has 3 rings (SSSR count). The summed E-state index contributed by atoms with van der Waals surface area (Å²) >= 11 is 0. The lowest BCUT2D eigenvalue weighted by molar-refractivity contribution is -0.191. The van der Waals surface area contributed by atoms with Crippen molar-refractivity contribution in [1.82, 2.24) is 0 Å². The van der Waals surface area contributed by atoms with E-state index in [9.17, 15) is 4.79 Å². The van der Waals surface area contributed by atoms with E-state index in [4.69, 9.17) is 23.7 Å². The molecule has 150 valence electrons. The number of rotatable bonds is 9. The summed E-state index contributed by atoms with van der Waals surface area (Å²) in [5.74, 6) is -0.431. The van der Waals surface area contributed by atoms with Gasteiger partial charge in [0.1, 0.15) is 18.3 Å². The van der Waals surface area contributed by atoms with E-state index < -0.39 is 30.6 Å². The smallest absolute Gasteiger partial charge is 0.305 e. The summed E-state index contributed by atoms with van der Waals surface area (Å²) in [5, 5.41) is 0. The topological polar surface area (TPSA) is 63.2 Å². The maximum atomic E-state index is 11.4. The first-order valence-corrected chi connectivity index (χ1v) is 9.30. The van der Waals surface area contributed by atoms with Crippen molar-refractivity contribution in [3.05, 3.63) is 71.8 Å². The third-order valence-corrected chi connectivity index (χ3v) is 4.50. The Morgan fingerprint density at radius 2 is 1.54 bits per heavy atom. The SMILES string of the molecule is COC1C(OC(C)=O)OC(COCc2ccccc2)C1OCc1ccccc1. The molecule has 1 saturated heterocycles. The summed E-state index contributed by atoms with van der Waals surface area (Å²) in [6, 6.07) is 19.7. The molecule has 0 N–H and O–H groups in total. The molecule has 1 aliphatic rings. The molecule has 4 unspecified atom stereocenters. The van der Waals surface area contributed by atoms with Crippen LogP contribution in [0.5, 0.6) is 0 Å².